The Morgan fingerprint density at radius 1 is 1.22 bits per heavy atom. The molecule has 18 heavy (non-hydrogen) atoms. The average molecular weight is 244 g/mol. The molecule has 2 aromatic rings. The predicted molar refractivity (Wildman–Crippen MR) is 70.5 cm³/mol. The topological polar surface area (TPSA) is 54.3 Å². The molecule has 94 valence electrons. The first-order valence-corrected chi connectivity index (χ1v) is 5.94. The minimum atomic E-state index is -0.0462. The normalized spacial score (nSPS) is 10.1. The summed E-state index contributed by atoms with van der Waals surface area (Å²) in [6, 6.07) is 11.1. The number of hydrogen-bond donors (Lipinski definition) is 2. The van der Waals surface area contributed by atoms with E-state index in [1.54, 1.807) is 18.4 Å². The second-order valence-electron chi connectivity index (χ2n) is 3.87. The average Bonchev–Trinajstić information content (AvgIpc) is 2.90. The van der Waals surface area contributed by atoms with E-state index in [0.717, 1.165) is 11.4 Å². The summed E-state index contributed by atoms with van der Waals surface area (Å²) in [6.45, 7) is 3.17. The Bertz CT molecular complexity index is 489. The molecule has 2 N–H and O–H groups in total. The Labute approximate surface area is 106 Å². The third kappa shape index (κ3) is 3.13. The Hall–Kier alpha value is -2.23. The van der Waals surface area contributed by atoms with Gasteiger partial charge in [0, 0.05) is 17.8 Å². The molecular formula is C14H16N2O2. The van der Waals surface area contributed by atoms with Gasteiger partial charge in [-0.1, -0.05) is 0 Å². The summed E-state index contributed by atoms with van der Waals surface area (Å²) < 4.78 is 5.22. The van der Waals surface area contributed by atoms with E-state index in [1.807, 2.05) is 31.2 Å². The molecule has 1 aromatic carbocycles. The maximum atomic E-state index is 11.6. The summed E-state index contributed by atoms with van der Waals surface area (Å²) in [5.41, 5.74) is 1.62. The molecule has 1 aromatic heterocycles. The van der Waals surface area contributed by atoms with Crippen molar-refractivity contribution >= 4 is 11.6 Å². The van der Waals surface area contributed by atoms with Crippen molar-refractivity contribution in [3.05, 3.63) is 54.0 Å². The maximum absolute atomic E-state index is 11.6. The number of furan rings is 1. The number of anilines is 1. The molecule has 0 atom stereocenters. The highest BCUT2D eigenvalue weighted by Gasteiger charge is 2.03. The van der Waals surface area contributed by atoms with Crippen LogP contribution in [0.2, 0.25) is 0 Å². The number of carbonyl (C=O) groups excluding carboxylic acids is 1. The largest absolute Gasteiger partial charge is 0.467 e. The van der Waals surface area contributed by atoms with Crippen LogP contribution in [0.3, 0.4) is 0 Å². The van der Waals surface area contributed by atoms with Crippen LogP contribution in [-0.2, 0) is 6.54 Å². The lowest BCUT2D eigenvalue weighted by atomic mass is 10.2. The van der Waals surface area contributed by atoms with Gasteiger partial charge in [0.15, 0.2) is 0 Å². The molecule has 0 saturated heterocycles. The standard InChI is InChI=1S/C14H16N2O2/c1-2-15-14(17)11-5-7-12(8-6-11)16-10-13-4-3-9-18-13/h3-9,16H,2,10H2,1H3,(H,15,17). The van der Waals surface area contributed by atoms with Crippen LogP contribution in [0.1, 0.15) is 23.0 Å². The number of hydrogen-bond acceptors (Lipinski definition) is 3. The molecule has 0 radical (unpaired) electrons. The van der Waals surface area contributed by atoms with Gasteiger partial charge in [0.05, 0.1) is 12.8 Å². The van der Waals surface area contributed by atoms with Crippen molar-refractivity contribution in [2.75, 3.05) is 11.9 Å². The second kappa shape index (κ2) is 5.91. The van der Waals surface area contributed by atoms with Crippen LogP contribution in [0.15, 0.2) is 47.1 Å². The zero-order valence-electron chi connectivity index (χ0n) is 10.3. The fourth-order valence-corrected chi connectivity index (χ4v) is 1.60. The molecule has 0 spiro atoms. The van der Waals surface area contributed by atoms with Crippen LogP contribution in [-0.4, -0.2) is 12.5 Å². The highest BCUT2D eigenvalue weighted by atomic mass is 16.3. The molecule has 1 heterocycles. The molecule has 4 nitrogen and oxygen atoms in total. The third-order valence-electron chi connectivity index (χ3n) is 2.53. The van der Waals surface area contributed by atoms with Gasteiger partial charge in [-0.05, 0) is 43.3 Å². The molecule has 0 aliphatic rings. The van der Waals surface area contributed by atoms with Crippen molar-refractivity contribution in [2.24, 2.45) is 0 Å². The SMILES string of the molecule is CCNC(=O)c1ccc(NCc2ccco2)cc1. The summed E-state index contributed by atoms with van der Waals surface area (Å²) in [4.78, 5) is 11.6. The van der Waals surface area contributed by atoms with Crippen LogP contribution in [0, 0.1) is 0 Å². The summed E-state index contributed by atoms with van der Waals surface area (Å²) in [7, 11) is 0. The molecule has 0 fully saturated rings. The van der Waals surface area contributed by atoms with Crippen LogP contribution in [0.25, 0.3) is 0 Å². The number of carbonyl (C=O) groups is 1. The molecule has 0 aliphatic carbocycles. The van der Waals surface area contributed by atoms with E-state index in [0.29, 0.717) is 18.7 Å². The van der Waals surface area contributed by atoms with E-state index >= 15 is 0 Å². The number of benzene rings is 1. The number of nitrogens with one attached hydrogen (secondary N) is 2. The van der Waals surface area contributed by atoms with Crippen LogP contribution < -0.4 is 10.6 Å². The van der Waals surface area contributed by atoms with Crippen molar-refractivity contribution in [1.82, 2.24) is 5.32 Å². The van der Waals surface area contributed by atoms with Crippen LogP contribution in [0.4, 0.5) is 5.69 Å². The molecule has 0 aliphatic heterocycles. The first-order valence-electron chi connectivity index (χ1n) is 5.94. The predicted octanol–water partition coefficient (Wildman–Crippen LogP) is 2.64. The number of rotatable bonds is 5. The highest BCUT2D eigenvalue weighted by Crippen LogP contribution is 2.11. The van der Waals surface area contributed by atoms with Gasteiger partial charge in [-0.3, -0.25) is 4.79 Å². The first kappa shape index (κ1) is 12.2. The molecule has 4 heteroatoms. The van der Waals surface area contributed by atoms with Gasteiger partial charge in [0.2, 0.25) is 0 Å². The minimum Gasteiger partial charge on any atom is -0.467 e. The monoisotopic (exact) mass is 244 g/mol. The van der Waals surface area contributed by atoms with E-state index in [-0.39, 0.29) is 5.91 Å². The lowest BCUT2D eigenvalue weighted by Gasteiger charge is -2.06. The Kier molecular flexibility index (Phi) is 4.02. The van der Waals surface area contributed by atoms with E-state index in [4.69, 9.17) is 4.42 Å². The third-order valence-corrected chi connectivity index (χ3v) is 2.53. The Morgan fingerprint density at radius 3 is 2.61 bits per heavy atom. The zero-order valence-corrected chi connectivity index (χ0v) is 10.3. The summed E-state index contributed by atoms with van der Waals surface area (Å²) >= 11 is 0. The van der Waals surface area contributed by atoms with E-state index < -0.39 is 0 Å². The Morgan fingerprint density at radius 2 is 2.00 bits per heavy atom. The quantitative estimate of drug-likeness (QED) is 0.850. The van der Waals surface area contributed by atoms with Crippen LogP contribution in [0.5, 0.6) is 0 Å². The van der Waals surface area contributed by atoms with Gasteiger partial charge in [-0.25, -0.2) is 0 Å². The van der Waals surface area contributed by atoms with Crippen molar-refractivity contribution in [3.8, 4) is 0 Å². The van der Waals surface area contributed by atoms with Gasteiger partial charge in [0.1, 0.15) is 5.76 Å². The molecular weight excluding hydrogens is 228 g/mol. The second-order valence-corrected chi connectivity index (χ2v) is 3.87. The van der Waals surface area contributed by atoms with Gasteiger partial charge in [-0.2, -0.15) is 0 Å². The smallest absolute Gasteiger partial charge is 0.251 e. The maximum Gasteiger partial charge on any atom is 0.251 e. The van der Waals surface area contributed by atoms with Gasteiger partial charge < -0.3 is 15.1 Å². The highest BCUT2D eigenvalue weighted by molar-refractivity contribution is 5.94. The van der Waals surface area contributed by atoms with Crippen molar-refractivity contribution in [1.29, 1.82) is 0 Å². The van der Waals surface area contributed by atoms with E-state index in [9.17, 15) is 4.79 Å². The van der Waals surface area contributed by atoms with Gasteiger partial charge in [-0.15, -0.1) is 0 Å². The summed E-state index contributed by atoms with van der Waals surface area (Å²) in [6.07, 6.45) is 1.65. The van der Waals surface area contributed by atoms with Crippen molar-refractivity contribution in [2.45, 2.75) is 13.5 Å². The first-order chi connectivity index (χ1) is 8.79. The zero-order chi connectivity index (χ0) is 12.8. The summed E-state index contributed by atoms with van der Waals surface area (Å²) in [5.74, 6) is 0.831. The molecule has 0 unspecified atom stereocenters. The molecule has 2 rings (SSSR count). The molecule has 1 amide bonds. The van der Waals surface area contributed by atoms with Crippen LogP contribution >= 0.6 is 0 Å². The van der Waals surface area contributed by atoms with Gasteiger partial charge >= 0.3 is 0 Å². The van der Waals surface area contributed by atoms with Crippen molar-refractivity contribution in [3.63, 3.8) is 0 Å². The lowest BCUT2D eigenvalue weighted by molar-refractivity contribution is 0.0956. The fraction of sp³-hybridized carbons (Fsp3) is 0.214. The van der Waals surface area contributed by atoms with Gasteiger partial charge in [0.25, 0.3) is 5.91 Å². The number of amides is 1. The Balaban J connectivity index is 1.93. The minimum absolute atomic E-state index is 0.0462. The van der Waals surface area contributed by atoms with E-state index in [1.165, 1.54) is 0 Å². The lowest BCUT2D eigenvalue weighted by Crippen LogP contribution is -2.22. The summed E-state index contributed by atoms with van der Waals surface area (Å²) in [5, 5.41) is 5.98. The van der Waals surface area contributed by atoms with E-state index in [2.05, 4.69) is 10.6 Å². The fourth-order valence-electron chi connectivity index (χ4n) is 1.60. The van der Waals surface area contributed by atoms with Crippen molar-refractivity contribution < 1.29 is 9.21 Å². The molecule has 0 saturated carbocycles. The molecule has 0 bridgehead atoms.